The summed E-state index contributed by atoms with van der Waals surface area (Å²) in [5.74, 6) is 1.65. The molecule has 5 rings (SSSR count). The van der Waals surface area contributed by atoms with Gasteiger partial charge < -0.3 is 14.2 Å². The highest BCUT2D eigenvalue weighted by molar-refractivity contribution is 7.18. The smallest absolute Gasteiger partial charge is 0.226 e. The summed E-state index contributed by atoms with van der Waals surface area (Å²) < 4.78 is 16.9. The summed E-state index contributed by atoms with van der Waals surface area (Å²) in [7, 11) is 0. The molecule has 0 unspecified atom stereocenters. The number of aromatic nitrogens is 2. The number of carbonyl (C=O) groups is 1. The summed E-state index contributed by atoms with van der Waals surface area (Å²) >= 11 is 1.71. The lowest BCUT2D eigenvalue weighted by Gasteiger charge is -2.18. The molecule has 2 aliphatic rings. The molecule has 0 fully saturated rings. The second kappa shape index (κ2) is 6.81. The molecule has 0 spiro atoms. The first-order valence-electron chi connectivity index (χ1n) is 9.10. The van der Waals surface area contributed by atoms with Crippen molar-refractivity contribution < 1.29 is 19.0 Å². The van der Waals surface area contributed by atoms with Gasteiger partial charge in [-0.2, -0.15) is 0 Å². The van der Waals surface area contributed by atoms with Crippen LogP contribution in [0.1, 0.15) is 33.6 Å². The van der Waals surface area contributed by atoms with Crippen molar-refractivity contribution in [3.63, 3.8) is 0 Å². The van der Waals surface area contributed by atoms with E-state index in [-0.39, 0.29) is 12.4 Å². The van der Waals surface area contributed by atoms with Gasteiger partial charge in [-0.05, 0) is 49.4 Å². The van der Waals surface area contributed by atoms with Gasteiger partial charge in [0.15, 0.2) is 23.9 Å². The highest BCUT2D eigenvalue weighted by Gasteiger charge is 2.21. The molecule has 6 nitrogen and oxygen atoms in total. The second-order valence-corrected chi connectivity index (χ2v) is 7.72. The lowest BCUT2D eigenvalue weighted by Crippen LogP contribution is -2.17. The quantitative estimate of drug-likeness (QED) is 0.642. The van der Waals surface area contributed by atoms with Gasteiger partial charge in [-0.1, -0.05) is 0 Å². The fourth-order valence-corrected chi connectivity index (χ4v) is 4.82. The van der Waals surface area contributed by atoms with E-state index >= 15 is 0 Å². The Balaban J connectivity index is 1.38. The molecular weight excluding hydrogens is 364 g/mol. The minimum absolute atomic E-state index is 0.0730. The maximum Gasteiger partial charge on any atom is 0.226 e. The summed E-state index contributed by atoms with van der Waals surface area (Å²) in [4.78, 5) is 23.6. The minimum atomic E-state index is -0.122. The Morgan fingerprint density at radius 3 is 2.89 bits per heavy atom. The van der Waals surface area contributed by atoms with Crippen LogP contribution in [0.15, 0.2) is 24.5 Å². The van der Waals surface area contributed by atoms with Gasteiger partial charge in [-0.3, -0.25) is 4.79 Å². The Kier molecular flexibility index (Phi) is 4.16. The van der Waals surface area contributed by atoms with E-state index in [2.05, 4.69) is 9.97 Å². The van der Waals surface area contributed by atoms with Crippen LogP contribution in [0.2, 0.25) is 0 Å². The van der Waals surface area contributed by atoms with Gasteiger partial charge in [0.2, 0.25) is 5.88 Å². The maximum atomic E-state index is 12.6. The molecule has 0 radical (unpaired) electrons. The van der Waals surface area contributed by atoms with Gasteiger partial charge in [0.25, 0.3) is 0 Å². The Morgan fingerprint density at radius 1 is 1.11 bits per heavy atom. The largest absolute Gasteiger partial charge is 0.486 e. The number of rotatable bonds is 4. The number of hydrogen-bond donors (Lipinski definition) is 0. The molecule has 0 atom stereocenters. The monoisotopic (exact) mass is 382 g/mol. The Morgan fingerprint density at radius 2 is 1.96 bits per heavy atom. The van der Waals surface area contributed by atoms with Crippen LogP contribution in [0.4, 0.5) is 0 Å². The highest BCUT2D eigenvalue weighted by Crippen LogP contribution is 2.39. The molecule has 2 aromatic heterocycles. The molecule has 3 aromatic rings. The van der Waals surface area contributed by atoms with Gasteiger partial charge in [-0.25, -0.2) is 9.97 Å². The van der Waals surface area contributed by atoms with Crippen LogP contribution >= 0.6 is 11.3 Å². The van der Waals surface area contributed by atoms with E-state index in [9.17, 15) is 4.79 Å². The molecule has 1 aliphatic heterocycles. The van der Waals surface area contributed by atoms with Gasteiger partial charge >= 0.3 is 0 Å². The highest BCUT2D eigenvalue weighted by atomic mass is 32.1. The molecule has 1 aliphatic carbocycles. The van der Waals surface area contributed by atoms with Crippen molar-refractivity contribution in [1.29, 1.82) is 0 Å². The number of nitrogens with zero attached hydrogens (tertiary/aromatic N) is 2. The maximum absolute atomic E-state index is 12.6. The van der Waals surface area contributed by atoms with E-state index in [1.54, 1.807) is 29.5 Å². The van der Waals surface area contributed by atoms with Crippen LogP contribution in [0.25, 0.3) is 10.2 Å². The fraction of sp³-hybridized carbons (Fsp3) is 0.350. The number of benzene rings is 1. The SMILES string of the molecule is O=C(COc1ncnc2sc3c(c12)CCCC3)c1ccc2c(c1)OCCO2. The molecule has 27 heavy (non-hydrogen) atoms. The third kappa shape index (κ3) is 3.02. The normalized spacial score (nSPS) is 15.4. The van der Waals surface area contributed by atoms with E-state index < -0.39 is 0 Å². The summed E-state index contributed by atoms with van der Waals surface area (Å²) in [5.41, 5.74) is 1.83. The van der Waals surface area contributed by atoms with Crippen molar-refractivity contribution >= 4 is 27.3 Å². The van der Waals surface area contributed by atoms with Gasteiger partial charge in [0, 0.05) is 10.4 Å². The van der Waals surface area contributed by atoms with E-state index in [1.807, 2.05) is 0 Å². The predicted molar refractivity (Wildman–Crippen MR) is 101 cm³/mol. The summed E-state index contributed by atoms with van der Waals surface area (Å²) in [6, 6.07) is 5.21. The number of aryl methyl sites for hydroxylation is 2. The second-order valence-electron chi connectivity index (χ2n) is 6.64. The van der Waals surface area contributed by atoms with Crippen molar-refractivity contribution in [3.8, 4) is 17.4 Å². The number of thiophene rings is 1. The molecule has 0 N–H and O–H groups in total. The summed E-state index contributed by atoms with van der Waals surface area (Å²) in [6.45, 7) is 0.942. The average molecular weight is 382 g/mol. The fourth-order valence-electron chi connectivity index (χ4n) is 3.60. The van der Waals surface area contributed by atoms with Gasteiger partial charge in [0.1, 0.15) is 24.4 Å². The van der Waals surface area contributed by atoms with E-state index in [0.717, 1.165) is 23.1 Å². The number of carbonyl (C=O) groups excluding carboxylic acids is 1. The molecule has 0 amide bonds. The van der Waals surface area contributed by atoms with Crippen LogP contribution in [-0.4, -0.2) is 35.6 Å². The molecular formula is C20H18N2O4S. The Bertz CT molecular complexity index is 1030. The van der Waals surface area contributed by atoms with Crippen molar-refractivity contribution in [2.75, 3.05) is 19.8 Å². The third-order valence-electron chi connectivity index (χ3n) is 4.92. The predicted octanol–water partition coefficient (Wildman–Crippen LogP) is 3.60. The van der Waals surface area contributed by atoms with Crippen LogP contribution < -0.4 is 14.2 Å². The minimum Gasteiger partial charge on any atom is -0.486 e. The van der Waals surface area contributed by atoms with Crippen LogP contribution in [0, 0.1) is 0 Å². The van der Waals surface area contributed by atoms with Crippen molar-refractivity contribution in [3.05, 3.63) is 40.5 Å². The van der Waals surface area contributed by atoms with Crippen molar-refractivity contribution in [2.45, 2.75) is 25.7 Å². The average Bonchev–Trinajstić information content (AvgIpc) is 3.11. The number of hydrogen-bond acceptors (Lipinski definition) is 7. The summed E-state index contributed by atoms with van der Waals surface area (Å²) in [6.07, 6.45) is 6.00. The first-order chi connectivity index (χ1) is 13.3. The van der Waals surface area contributed by atoms with Crippen molar-refractivity contribution in [2.24, 2.45) is 0 Å². The molecule has 1 aromatic carbocycles. The zero-order chi connectivity index (χ0) is 18.2. The first kappa shape index (κ1) is 16.5. The zero-order valence-electron chi connectivity index (χ0n) is 14.7. The van der Waals surface area contributed by atoms with E-state index in [4.69, 9.17) is 14.2 Å². The molecule has 7 heteroatoms. The van der Waals surface area contributed by atoms with Crippen LogP contribution in [-0.2, 0) is 12.8 Å². The van der Waals surface area contributed by atoms with E-state index in [1.165, 1.54) is 29.6 Å². The topological polar surface area (TPSA) is 70.5 Å². The Labute approximate surface area is 160 Å². The zero-order valence-corrected chi connectivity index (χ0v) is 15.5. The molecule has 0 bridgehead atoms. The lowest BCUT2D eigenvalue weighted by atomic mass is 9.97. The number of ether oxygens (including phenoxy) is 3. The number of ketones is 1. The van der Waals surface area contributed by atoms with E-state index in [0.29, 0.717) is 36.2 Å². The Hall–Kier alpha value is -2.67. The third-order valence-corrected chi connectivity index (χ3v) is 6.12. The number of fused-ring (bicyclic) bond motifs is 4. The van der Waals surface area contributed by atoms with Gasteiger partial charge in [-0.15, -0.1) is 11.3 Å². The number of Topliss-reactive ketones (excluding diaryl/α,β-unsaturated/α-hetero) is 1. The molecule has 138 valence electrons. The molecule has 3 heterocycles. The van der Waals surface area contributed by atoms with Gasteiger partial charge in [0.05, 0.1) is 5.39 Å². The summed E-state index contributed by atoms with van der Waals surface area (Å²) in [5, 5.41) is 0.979. The van der Waals surface area contributed by atoms with Crippen LogP contribution in [0.3, 0.4) is 0 Å². The molecule has 0 saturated carbocycles. The molecule has 0 saturated heterocycles. The van der Waals surface area contributed by atoms with Crippen LogP contribution in [0.5, 0.6) is 17.4 Å². The lowest BCUT2D eigenvalue weighted by molar-refractivity contribution is 0.0918. The standard InChI is InChI=1S/C20H18N2O4S/c23-14(12-5-6-15-16(9-12)25-8-7-24-15)10-26-19-18-13-3-1-2-4-17(13)27-20(18)22-11-21-19/h5-6,9,11H,1-4,7-8,10H2. The first-order valence-corrected chi connectivity index (χ1v) is 9.92. The van der Waals surface area contributed by atoms with Crippen molar-refractivity contribution in [1.82, 2.24) is 9.97 Å².